The quantitative estimate of drug-likeness (QED) is 0.825. The molecule has 2 N–H and O–H groups in total. The van der Waals surface area contributed by atoms with Crippen molar-refractivity contribution in [3.05, 3.63) is 29.6 Å². The Hall–Kier alpha value is -1.62. The molecule has 0 bridgehead atoms. The Kier molecular flexibility index (Phi) is 4.37. The van der Waals surface area contributed by atoms with E-state index in [2.05, 4.69) is 10.6 Å². The van der Waals surface area contributed by atoms with Crippen molar-refractivity contribution in [2.45, 2.75) is 31.8 Å². The van der Waals surface area contributed by atoms with Gasteiger partial charge in [-0.25, -0.2) is 4.39 Å². The molecule has 5 heteroatoms. The van der Waals surface area contributed by atoms with Gasteiger partial charge in [-0.1, -0.05) is 6.07 Å². The number of ether oxygens (including phenoxy) is 1. The molecule has 4 nitrogen and oxygen atoms in total. The fourth-order valence-corrected chi connectivity index (χ4v) is 1.82. The van der Waals surface area contributed by atoms with Crippen molar-refractivity contribution in [1.29, 1.82) is 0 Å². The molecular weight excluding hydrogens is 247 g/mol. The highest BCUT2D eigenvalue weighted by Gasteiger charge is 2.23. The van der Waals surface area contributed by atoms with E-state index in [4.69, 9.17) is 4.74 Å². The highest BCUT2D eigenvalue weighted by atomic mass is 19.1. The Morgan fingerprint density at radius 3 is 2.84 bits per heavy atom. The van der Waals surface area contributed by atoms with Crippen LogP contribution in [0.4, 0.5) is 4.39 Å². The smallest absolute Gasteiger partial charge is 0.234 e. The fraction of sp³-hybridized carbons (Fsp3) is 0.500. The second-order valence-corrected chi connectivity index (χ2v) is 4.84. The molecule has 1 aromatic carbocycles. The van der Waals surface area contributed by atoms with Crippen LogP contribution in [0.25, 0.3) is 0 Å². The van der Waals surface area contributed by atoms with Gasteiger partial charge in [0, 0.05) is 12.1 Å². The maximum Gasteiger partial charge on any atom is 0.234 e. The number of hydrogen-bond donors (Lipinski definition) is 2. The highest BCUT2D eigenvalue weighted by Crippen LogP contribution is 2.21. The van der Waals surface area contributed by atoms with Crippen LogP contribution >= 0.6 is 0 Å². The lowest BCUT2D eigenvalue weighted by atomic mass is 10.1. The van der Waals surface area contributed by atoms with Crippen LogP contribution in [-0.2, 0) is 4.79 Å². The SMILES string of the molecule is COc1ccc(C(C)NCC(=O)NC2CC2)cc1F. The zero-order valence-electron chi connectivity index (χ0n) is 11.2. The lowest BCUT2D eigenvalue weighted by molar-refractivity contribution is -0.120. The highest BCUT2D eigenvalue weighted by molar-refractivity contribution is 5.78. The summed E-state index contributed by atoms with van der Waals surface area (Å²) in [7, 11) is 1.43. The fourth-order valence-electron chi connectivity index (χ4n) is 1.82. The Labute approximate surface area is 112 Å². The standard InChI is InChI=1S/C14H19FN2O2/c1-9(16-8-14(18)17-11-4-5-11)10-3-6-13(19-2)12(15)7-10/h3,6-7,9,11,16H,4-5,8H2,1-2H3,(H,17,18). The largest absolute Gasteiger partial charge is 0.494 e. The Morgan fingerprint density at radius 2 is 2.26 bits per heavy atom. The van der Waals surface area contributed by atoms with Gasteiger partial charge >= 0.3 is 0 Å². The van der Waals surface area contributed by atoms with E-state index in [-0.39, 0.29) is 24.2 Å². The number of carbonyl (C=O) groups excluding carboxylic acids is 1. The van der Waals surface area contributed by atoms with Gasteiger partial charge in [-0.15, -0.1) is 0 Å². The molecule has 19 heavy (non-hydrogen) atoms. The molecule has 0 aliphatic heterocycles. The molecule has 0 heterocycles. The first-order valence-electron chi connectivity index (χ1n) is 6.46. The summed E-state index contributed by atoms with van der Waals surface area (Å²) in [4.78, 5) is 11.5. The average Bonchev–Trinajstić information content (AvgIpc) is 3.19. The predicted octanol–water partition coefficient (Wildman–Crippen LogP) is 1.76. The summed E-state index contributed by atoms with van der Waals surface area (Å²) < 4.78 is 18.4. The summed E-state index contributed by atoms with van der Waals surface area (Å²) in [5, 5.41) is 5.97. The normalized spacial score (nSPS) is 15.9. The topological polar surface area (TPSA) is 50.4 Å². The van der Waals surface area contributed by atoms with Crippen molar-refractivity contribution < 1.29 is 13.9 Å². The van der Waals surface area contributed by atoms with Gasteiger partial charge in [-0.05, 0) is 37.5 Å². The van der Waals surface area contributed by atoms with E-state index in [0.717, 1.165) is 18.4 Å². The van der Waals surface area contributed by atoms with Crippen LogP contribution in [0.3, 0.4) is 0 Å². The zero-order valence-corrected chi connectivity index (χ0v) is 11.2. The second kappa shape index (κ2) is 6.02. The number of rotatable bonds is 6. The molecule has 0 saturated heterocycles. The number of halogens is 1. The molecule has 0 aromatic heterocycles. The van der Waals surface area contributed by atoms with E-state index in [1.54, 1.807) is 12.1 Å². The number of nitrogens with one attached hydrogen (secondary N) is 2. The average molecular weight is 266 g/mol. The van der Waals surface area contributed by atoms with Crippen LogP contribution in [0.15, 0.2) is 18.2 Å². The summed E-state index contributed by atoms with van der Waals surface area (Å²) in [5.74, 6) is -0.179. The molecule has 1 amide bonds. The first-order valence-corrected chi connectivity index (χ1v) is 6.46. The molecule has 1 fully saturated rings. The first-order chi connectivity index (χ1) is 9.10. The van der Waals surface area contributed by atoms with Crippen molar-refractivity contribution in [3.8, 4) is 5.75 Å². The third-order valence-electron chi connectivity index (χ3n) is 3.19. The predicted molar refractivity (Wildman–Crippen MR) is 70.5 cm³/mol. The molecule has 1 atom stereocenters. The third-order valence-corrected chi connectivity index (χ3v) is 3.19. The minimum Gasteiger partial charge on any atom is -0.494 e. The molecule has 2 rings (SSSR count). The maximum atomic E-state index is 13.6. The molecule has 1 aliphatic rings. The summed E-state index contributed by atoms with van der Waals surface area (Å²) in [6.07, 6.45) is 2.15. The molecule has 1 aromatic rings. The van der Waals surface area contributed by atoms with E-state index in [1.807, 2.05) is 6.92 Å². The number of benzene rings is 1. The molecule has 0 spiro atoms. The lowest BCUT2D eigenvalue weighted by Gasteiger charge is -2.15. The molecule has 1 aliphatic carbocycles. The van der Waals surface area contributed by atoms with Crippen LogP contribution in [0.1, 0.15) is 31.4 Å². The lowest BCUT2D eigenvalue weighted by Crippen LogP contribution is -2.36. The monoisotopic (exact) mass is 266 g/mol. The Bertz CT molecular complexity index is 461. The van der Waals surface area contributed by atoms with Crippen LogP contribution in [0.2, 0.25) is 0 Å². The van der Waals surface area contributed by atoms with Gasteiger partial charge in [0.25, 0.3) is 0 Å². The molecule has 1 unspecified atom stereocenters. The molecule has 1 saturated carbocycles. The van der Waals surface area contributed by atoms with Crippen molar-refractivity contribution in [2.75, 3.05) is 13.7 Å². The zero-order chi connectivity index (χ0) is 13.8. The molecular formula is C14H19FN2O2. The van der Waals surface area contributed by atoms with Gasteiger partial charge < -0.3 is 15.4 Å². The number of methoxy groups -OCH3 is 1. The first kappa shape index (κ1) is 13.8. The van der Waals surface area contributed by atoms with Crippen LogP contribution in [-0.4, -0.2) is 25.6 Å². The van der Waals surface area contributed by atoms with Crippen LogP contribution in [0.5, 0.6) is 5.75 Å². The van der Waals surface area contributed by atoms with E-state index >= 15 is 0 Å². The van der Waals surface area contributed by atoms with E-state index < -0.39 is 5.82 Å². The van der Waals surface area contributed by atoms with Crippen molar-refractivity contribution >= 4 is 5.91 Å². The van der Waals surface area contributed by atoms with Crippen LogP contribution < -0.4 is 15.4 Å². The molecule has 104 valence electrons. The summed E-state index contributed by atoms with van der Waals surface area (Å²) >= 11 is 0. The van der Waals surface area contributed by atoms with Gasteiger partial charge in [0.15, 0.2) is 11.6 Å². The van der Waals surface area contributed by atoms with Crippen LogP contribution in [0, 0.1) is 5.82 Å². The van der Waals surface area contributed by atoms with E-state index in [1.165, 1.54) is 13.2 Å². The van der Waals surface area contributed by atoms with Gasteiger partial charge in [0.05, 0.1) is 13.7 Å². The van der Waals surface area contributed by atoms with Crippen molar-refractivity contribution in [1.82, 2.24) is 10.6 Å². The summed E-state index contributed by atoms with van der Waals surface area (Å²) in [6, 6.07) is 5.08. The Morgan fingerprint density at radius 1 is 1.53 bits per heavy atom. The number of amides is 1. The van der Waals surface area contributed by atoms with Gasteiger partial charge in [-0.3, -0.25) is 4.79 Å². The minimum atomic E-state index is -0.393. The number of hydrogen-bond acceptors (Lipinski definition) is 3. The second-order valence-electron chi connectivity index (χ2n) is 4.84. The number of carbonyl (C=O) groups is 1. The Balaban J connectivity index is 1.86. The third kappa shape index (κ3) is 3.92. The van der Waals surface area contributed by atoms with E-state index in [9.17, 15) is 9.18 Å². The summed E-state index contributed by atoms with van der Waals surface area (Å²) in [6.45, 7) is 2.14. The van der Waals surface area contributed by atoms with Crippen molar-refractivity contribution in [3.63, 3.8) is 0 Å². The maximum absolute atomic E-state index is 13.6. The van der Waals surface area contributed by atoms with Gasteiger partial charge in [0.2, 0.25) is 5.91 Å². The summed E-state index contributed by atoms with van der Waals surface area (Å²) in [5.41, 5.74) is 0.789. The van der Waals surface area contributed by atoms with Gasteiger partial charge in [-0.2, -0.15) is 0 Å². The van der Waals surface area contributed by atoms with E-state index in [0.29, 0.717) is 6.04 Å². The minimum absolute atomic E-state index is 0.0108. The van der Waals surface area contributed by atoms with Gasteiger partial charge in [0.1, 0.15) is 0 Å². The van der Waals surface area contributed by atoms with Crippen molar-refractivity contribution in [2.24, 2.45) is 0 Å². The molecule has 0 radical (unpaired) electrons.